The molecule has 0 atom stereocenters. The Morgan fingerprint density at radius 1 is 1.44 bits per heavy atom. The van der Waals surface area contributed by atoms with Crippen LogP contribution >= 0.6 is 11.6 Å². The van der Waals surface area contributed by atoms with Gasteiger partial charge in [0.25, 0.3) is 0 Å². The standard InChI is InChI=1S/C10H12ClN3O2/c11-9-8(14-5-3-12-4-6-14)2-1-7(13-9)10(15)16/h1-2,12H,3-6H2,(H,15,16). The van der Waals surface area contributed by atoms with E-state index in [2.05, 4.69) is 15.2 Å². The minimum atomic E-state index is -1.06. The summed E-state index contributed by atoms with van der Waals surface area (Å²) >= 11 is 5.97. The number of anilines is 1. The van der Waals surface area contributed by atoms with Gasteiger partial charge in [-0.25, -0.2) is 9.78 Å². The summed E-state index contributed by atoms with van der Waals surface area (Å²) in [5, 5.41) is 12.3. The number of nitrogens with zero attached hydrogens (tertiary/aromatic N) is 2. The first kappa shape index (κ1) is 11.2. The van der Waals surface area contributed by atoms with Crippen LogP contribution in [0.25, 0.3) is 0 Å². The highest BCUT2D eigenvalue weighted by Gasteiger charge is 2.16. The van der Waals surface area contributed by atoms with E-state index < -0.39 is 5.97 Å². The minimum absolute atomic E-state index is 0.0242. The van der Waals surface area contributed by atoms with Gasteiger partial charge < -0.3 is 15.3 Å². The average Bonchev–Trinajstić information content (AvgIpc) is 2.30. The van der Waals surface area contributed by atoms with E-state index in [9.17, 15) is 4.79 Å². The van der Waals surface area contributed by atoms with Crippen molar-refractivity contribution >= 4 is 23.3 Å². The van der Waals surface area contributed by atoms with E-state index in [-0.39, 0.29) is 10.8 Å². The number of carboxylic acids is 1. The summed E-state index contributed by atoms with van der Waals surface area (Å²) in [6, 6.07) is 3.19. The molecule has 0 bridgehead atoms. The lowest BCUT2D eigenvalue weighted by atomic mass is 10.3. The summed E-state index contributed by atoms with van der Waals surface area (Å²) in [5.41, 5.74) is 0.775. The predicted octanol–water partition coefficient (Wildman–Crippen LogP) is 0.843. The zero-order chi connectivity index (χ0) is 11.5. The van der Waals surface area contributed by atoms with Gasteiger partial charge in [0.15, 0.2) is 5.15 Å². The number of nitrogens with one attached hydrogen (secondary N) is 1. The summed E-state index contributed by atoms with van der Waals surface area (Å²) in [6.45, 7) is 3.51. The van der Waals surface area contributed by atoms with Crippen LogP contribution in [0.4, 0.5) is 5.69 Å². The van der Waals surface area contributed by atoms with Gasteiger partial charge >= 0.3 is 5.97 Å². The van der Waals surface area contributed by atoms with Crippen LogP contribution in [0.3, 0.4) is 0 Å². The van der Waals surface area contributed by atoms with E-state index in [0.717, 1.165) is 31.9 Å². The molecule has 1 aliphatic heterocycles. The van der Waals surface area contributed by atoms with Crippen molar-refractivity contribution in [3.05, 3.63) is 23.0 Å². The number of piperazine rings is 1. The number of aromatic carboxylic acids is 1. The maximum absolute atomic E-state index is 10.7. The Bertz CT molecular complexity index is 405. The molecule has 2 N–H and O–H groups in total. The van der Waals surface area contributed by atoms with Crippen molar-refractivity contribution in [2.24, 2.45) is 0 Å². The second-order valence-corrected chi connectivity index (χ2v) is 3.91. The van der Waals surface area contributed by atoms with E-state index >= 15 is 0 Å². The molecular formula is C10H12ClN3O2. The SMILES string of the molecule is O=C(O)c1ccc(N2CCNCC2)c(Cl)n1. The molecule has 2 heterocycles. The molecule has 1 fully saturated rings. The first-order valence-corrected chi connectivity index (χ1v) is 5.42. The predicted molar refractivity (Wildman–Crippen MR) is 61.3 cm³/mol. The van der Waals surface area contributed by atoms with Gasteiger partial charge in [-0.2, -0.15) is 0 Å². The highest BCUT2D eigenvalue weighted by molar-refractivity contribution is 6.32. The summed E-state index contributed by atoms with van der Waals surface area (Å²) in [4.78, 5) is 16.6. The molecule has 0 radical (unpaired) electrons. The normalized spacial score (nSPS) is 16.2. The van der Waals surface area contributed by atoms with Crippen molar-refractivity contribution in [2.75, 3.05) is 31.1 Å². The zero-order valence-electron chi connectivity index (χ0n) is 8.61. The highest BCUT2D eigenvalue weighted by atomic mass is 35.5. The maximum Gasteiger partial charge on any atom is 0.354 e. The van der Waals surface area contributed by atoms with Crippen LogP contribution in [-0.2, 0) is 0 Å². The van der Waals surface area contributed by atoms with Crippen molar-refractivity contribution < 1.29 is 9.90 Å². The number of pyridine rings is 1. The first-order valence-electron chi connectivity index (χ1n) is 5.04. The zero-order valence-corrected chi connectivity index (χ0v) is 9.37. The van der Waals surface area contributed by atoms with Gasteiger partial charge in [-0.3, -0.25) is 0 Å². The van der Waals surface area contributed by atoms with Crippen molar-refractivity contribution in [1.82, 2.24) is 10.3 Å². The van der Waals surface area contributed by atoms with Crippen molar-refractivity contribution in [3.63, 3.8) is 0 Å². The molecule has 1 aromatic heterocycles. The third-order valence-electron chi connectivity index (χ3n) is 2.51. The quantitative estimate of drug-likeness (QED) is 0.752. The number of aromatic nitrogens is 1. The fourth-order valence-electron chi connectivity index (χ4n) is 1.69. The second kappa shape index (κ2) is 4.67. The van der Waals surface area contributed by atoms with E-state index in [1.165, 1.54) is 6.07 Å². The highest BCUT2D eigenvalue weighted by Crippen LogP contribution is 2.24. The van der Waals surface area contributed by atoms with Crippen molar-refractivity contribution in [3.8, 4) is 0 Å². The molecule has 1 aromatic rings. The van der Waals surface area contributed by atoms with Gasteiger partial charge in [-0.05, 0) is 12.1 Å². The van der Waals surface area contributed by atoms with Gasteiger partial charge in [0.2, 0.25) is 0 Å². The van der Waals surface area contributed by atoms with Crippen LogP contribution < -0.4 is 10.2 Å². The lowest BCUT2D eigenvalue weighted by molar-refractivity contribution is 0.0690. The summed E-state index contributed by atoms with van der Waals surface area (Å²) in [6.07, 6.45) is 0. The number of hydrogen-bond donors (Lipinski definition) is 2. The Labute approximate surface area is 98.0 Å². The largest absolute Gasteiger partial charge is 0.477 e. The molecule has 0 aromatic carbocycles. The number of halogens is 1. The van der Waals surface area contributed by atoms with Crippen LogP contribution in [0, 0.1) is 0 Å². The molecule has 6 heteroatoms. The second-order valence-electron chi connectivity index (χ2n) is 3.55. The molecule has 0 aliphatic carbocycles. The Morgan fingerprint density at radius 2 is 2.12 bits per heavy atom. The van der Waals surface area contributed by atoms with Gasteiger partial charge in [0.05, 0.1) is 5.69 Å². The number of carboxylic acid groups (broad SMARTS) is 1. The molecule has 1 saturated heterocycles. The summed E-state index contributed by atoms with van der Waals surface area (Å²) < 4.78 is 0. The minimum Gasteiger partial charge on any atom is -0.477 e. The van der Waals surface area contributed by atoms with E-state index in [1.54, 1.807) is 6.07 Å². The lowest BCUT2D eigenvalue weighted by Crippen LogP contribution is -2.43. The van der Waals surface area contributed by atoms with Crippen LogP contribution in [0.15, 0.2) is 12.1 Å². The van der Waals surface area contributed by atoms with Gasteiger partial charge in [0.1, 0.15) is 5.69 Å². The third kappa shape index (κ3) is 2.25. The van der Waals surface area contributed by atoms with Crippen molar-refractivity contribution in [2.45, 2.75) is 0 Å². The molecule has 86 valence electrons. The molecule has 2 rings (SSSR count). The van der Waals surface area contributed by atoms with E-state index in [4.69, 9.17) is 16.7 Å². The number of carbonyl (C=O) groups is 1. The molecule has 16 heavy (non-hydrogen) atoms. The maximum atomic E-state index is 10.7. The average molecular weight is 242 g/mol. The summed E-state index contributed by atoms with van der Waals surface area (Å²) in [7, 11) is 0. The third-order valence-corrected chi connectivity index (χ3v) is 2.78. The summed E-state index contributed by atoms with van der Waals surface area (Å²) in [5.74, 6) is -1.06. The fraction of sp³-hybridized carbons (Fsp3) is 0.400. The van der Waals surface area contributed by atoms with E-state index in [0.29, 0.717) is 0 Å². The fourth-order valence-corrected chi connectivity index (χ4v) is 1.96. The Morgan fingerprint density at radius 3 is 2.69 bits per heavy atom. The Hall–Kier alpha value is -1.33. The Kier molecular flexibility index (Phi) is 3.26. The smallest absolute Gasteiger partial charge is 0.354 e. The van der Waals surface area contributed by atoms with Crippen molar-refractivity contribution in [1.29, 1.82) is 0 Å². The van der Waals surface area contributed by atoms with Gasteiger partial charge in [0, 0.05) is 26.2 Å². The molecule has 0 amide bonds. The lowest BCUT2D eigenvalue weighted by Gasteiger charge is -2.29. The van der Waals surface area contributed by atoms with Gasteiger partial charge in [-0.1, -0.05) is 11.6 Å². The van der Waals surface area contributed by atoms with Gasteiger partial charge in [-0.15, -0.1) is 0 Å². The van der Waals surface area contributed by atoms with Crippen LogP contribution in [-0.4, -0.2) is 42.2 Å². The topological polar surface area (TPSA) is 65.5 Å². The number of hydrogen-bond acceptors (Lipinski definition) is 4. The van der Waals surface area contributed by atoms with Crippen LogP contribution in [0.5, 0.6) is 0 Å². The monoisotopic (exact) mass is 241 g/mol. The molecule has 0 saturated carbocycles. The van der Waals surface area contributed by atoms with Crippen LogP contribution in [0.1, 0.15) is 10.5 Å². The first-order chi connectivity index (χ1) is 7.68. The molecule has 0 unspecified atom stereocenters. The Balaban J connectivity index is 2.24. The molecule has 5 nitrogen and oxygen atoms in total. The molecule has 1 aliphatic rings. The van der Waals surface area contributed by atoms with E-state index in [1.807, 2.05) is 0 Å². The number of rotatable bonds is 2. The molecule has 0 spiro atoms. The van der Waals surface area contributed by atoms with Crippen LogP contribution in [0.2, 0.25) is 5.15 Å². The molecular weight excluding hydrogens is 230 g/mol.